The molecule has 2 fully saturated rings. The molecule has 5 unspecified atom stereocenters. The Morgan fingerprint density at radius 1 is 1.41 bits per heavy atom. The predicted octanol–water partition coefficient (Wildman–Crippen LogP) is 1.94. The highest BCUT2D eigenvalue weighted by Crippen LogP contribution is 2.45. The monoisotopic (exact) mass is 419 g/mol. The van der Waals surface area contributed by atoms with Gasteiger partial charge in [-0.25, -0.2) is 0 Å². The fourth-order valence-electron chi connectivity index (χ4n) is 3.57. The molecule has 9 nitrogen and oxygen atoms in total. The number of ether oxygens (including phenoxy) is 1. The van der Waals surface area contributed by atoms with E-state index in [1.165, 1.54) is 23.8 Å². The topological polar surface area (TPSA) is 123 Å². The van der Waals surface area contributed by atoms with E-state index in [4.69, 9.17) is 26.0 Å². The van der Waals surface area contributed by atoms with Gasteiger partial charge >= 0.3 is 8.25 Å². The van der Waals surface area contributed by atoms with E-state index in [0.717, 1.165) is 32.1 Å². The second-order valence-corrected chi connectivity index (χ2v) is 8.32. The van der Waals surface area contributed by atoms with Crippen molar-refractivity contribution in [2.75, 3.05) is 6.61 Å². The summed E-state index contributed by atoms with van der Waals surface area (Å²) in [4.78, 5) is 13.8. The highest BCUT2D eigenvalue weighted by atomic mass is 32.1. The molecule has 0 radical (unpaired) electrons. The van der Waals surface area contributed by atoms with Crippen molar-refractivity contribution >= 4 is 20.5 Å². The minimum Gasteiger partial charge on any atom is -0.394 e. The average molecular weight is 419 g/mol. The van der Waals surface area contributed by atoms with Crippen LogP contribution in [0.15, 0.2) is 17.1 Å². The van der Waals surface area contributed by atoms with Crippen LogP contribution in [0.25, 0.3) is 0 Å². The SMILES string of the molecule is CC1(O)C(O[P+](=O)OC2CCCCC2)C(CO)OC1n1ccc(=O)[nH]c1=S. The Bertz CT molecular complexity index is 789. The lowest BCUT2D eigenvalue weighted by molar-refractivity contribution is -0.0960. The number of rotatable bonds is 6. The Morgan fingerprint density at radius 3 is 2.74 bits per heavy atom. The van der Waals surface area contributed by atoms with Gasteiger partial charge in [0.1, 0.15) is 17.8 Å². The summed E-state index contributed by atoms with van der Waals surface area (Å²) < 4.78 is 30.4. The summed E-state index contributed by atoms with van der Waals surface area (Å²) >= 11 is 5.12. The zero-order valence-electron chi connectivity index (χ0n) is 14.9. The van der Waals surface area contributed by atoms with Crippen molar-refractivity contribution in [1.82, 2.24) is 9.55 Å². The van der Waals surface area contributed by atoms with Crippen LogP contribution in [-0.2, 0) is 18.3 Å². The third-order valence-corrected chi connectivity index (χ3v) is 6.17. The molecule has 1 saturated heterocycles. The van der Waals surface area contributed by atoms with Gasteiger partial charge in [0.25, 0.3) is 5.56 Å². The fourth-order valence-corrected chi connectivity index (χ4v) is 4.87. The summed E-state index contributed by atoms with van der Waals surface area (Å²) in [6, 6.07) is 1.24. The smallest absolute Gasteiger partial charge is 0.394 e. The number of nitrogens with zero attached hydrogens (tertiary/aromatic N) is 1. The van der Waals surface area contributed by atoms with Crippen molar-refractivity contribution < 1.29 is 28.6 Å². The molecule has 27 heavy (non-hydrogen) atoms. The molecule has 2 aliphatic rings. The van der Waals surface area contributed by atoms with Crippen molar-refractivity contribution in [2.45, 2.75) is 69.2 Å². The maximum absolute atomic E-state index is 12.4. The Balaban J connectivity index is 1.76. The predicted molar refractivity (Wildman–Crippen MR) is 97.9 cm³/mol. The molecule has 0 aromatic carbocycles. The van der Waals surface area contributed by atoms with E-state index < -0.39 is 38.9 Å². The van der Waals surface area contributed by atoms with E-state index in [2.05, 4.69) is 4.98 Å². The lowest BCUT2D eigenvalue weighted by atomic mass is 9.96. The van der Waals surface area contributed by atoms with Gasteiger partial charge < -0.3 is 14.9 Å². The Kier molecular flexibility index (Phi) is 6.58. The molecule has 1 aliphatic heterocycles. The lowest BCUT2D eigenvalue weighted by Crippen LogP contribution is -2.45. The van der Waals surface area contributed by atoms with Crippen molar-refractivity contribution in [3.05, 3.63) is 27.4 Å². The Hall–Kier alpha value is -1.00. The highest BCUT2D eigenvalue weighted by Gasteiger charge is 2.58. The molecular weight excluding hydrogens is 395 g/mol. The van der Waals surface area contributed by atoms with E-state index in [-0.39, 0.29) is 16.4 Å². The van der Waals surface area contributed by atoms with E-state index in [1.54, 1.807) is 0 Å². The van der Waals surface area contributed by atoms with Gasteiger partial charge in [-0.1, -0.05) is 19.3 Å². The van der Waals surface area contributed by atoms with Crippen LogP contribution in [-0.4, -0.2) is 50.3 Å². The first kappa shape index (κ1) is 20.7. The van der Waals surface area contributed by atoms with Gasteiger partial charge in [0.15, 0.2) is 17.1 Å². The Labute approximate surface area is 162 Å². The molecule has 0 bridgehead atoms. The van der Waals surface area contributed by atoms with Gasteiger partial charge in [-0.3, -0.25) is 14.3 Å². The van der Waals surface area contributed by atoms with Crippen molar-refractivity contribution in [1.29, 1.82) is 0 Å². The summed E-state index contributed by atoms with van der Waals surface area (Å²) in [5, 5.41) is 20.6. The van der Waals surface area contributed by atoms with Crippen LogP contribution in [0.3, 0.4) is 0 Å². The molecule has 5 atom stereocenters. The number of hydrogen-bond acceptors (Lipinski definition) is 8. The standard InChI is InChI=1S/C16H23N2O7PS/c1-16(21)13(25-26(22)24-10-5-3-2-4-6-10)11(9-19)23-14(16)18-8-7-12(20)17-15(18)27/h7-8,10-11,13-14,19,21H,2-6,9H2,1H3/p+1. The summed E-state index contributed by atoms with van der Waals surface area (Å²) in [6.45, 7) is 0.981. The number of H-pyrrole nitrogens is 1. The fraction of sp³-hybridized carbons (Fsp3) is 0.750. The quantitative estimate of drug-likeness (QED) is 0.472. The maximum Gasteiger partial charge on any atom is 0.698 e. The molecule has 1 aromatic heterocycles. The van der Waals surface area contributed by atoms with Gasteiger partial charge in [0, 0.05) is 16.8 Å². The van der Waals surface area contributed by atoms with Crippen LogP contribution < -0.4 is 5.56 Å². The summed E-state index contributed by atoms with van der Waals surface area (Å²) in [5.74, 6) is 0. The number of hydrogen-bond donors (Lipinski definition) is 3. The average Bonchev–Trinajstić information content (AvgIpc) is 2.86. The van der Waals surface area contributed by atoms with Crippen LogP contribution in [0.4, 0.5) is 0 Å². The van der Waals surface area contributed by atoms with Crippen LogP contribution in [0, 0.1) is 4.77 Å². The number of aromatic nitrogens is 2. The molecule has 1 aromatic rings. The number of aliphatic hydroxyl groups excluding tert-OH is 1. The molecule has 150 valence electrons. The van der Waals surface area contributed by atoms with Gasteiger partial charge in [0.05, 0.1) is 6.61 Å². The molecule has 3 N–H and O–H groups in total. The first-order valence-corrected chi connectivity index (χ1v) is 10.4. The van der Waals surface area contributed by atoms with E-state index in [0.29, 0.717) is 0 Å². The summed E-state index contributed by atoms with van der Waals surface area (Å²) in [5.41, 5.74) is -2.06. The van der Waals surface area contributed by atoms with Crippen LogP contribution >= 0.6 is 20.5 Å². The molecule has 2 heterocycles. The lowest BCUT2D eigenvalue weighted by Gasteiger charge is -2.27. The van der Waals surface area contributed by atoms with E-state index in [9.17, 15) is 19.6 Å². The van der Waals surface area contributed by atoms with Crippen LogP contribution in [0.1, 0.15) is 45.3 Å². The minimum atomic E-state index is -2.50. The molecule has 11 heteroatoms. The Morgan fingerprint density at radius 2 is 2.11 bits per heavy atom. The first-order chi connectivity index (χ1) is 12.8. The van der Waals surface area contributed by atoms with Crippen molar-refractivity contribution in [3.63, 3.8) is 0 Å². The zero-order valence-corrected chi connectivity index (χ0v) is 16.7. The molecule has 0 amide bonds. The third kappa shape index (κ3) is 4.54. The highest BCUT2D eigenvalue weighted by molar-refractivity contribution is 7.71. The normalized spacial score (nSPS) is 32.6. The van der Waals surface area contributed by atoms with Gasteiger partial charge in [-0.2, -0.15) is 0 Å². The number of aliphatic hydroxyl groups is 2. The first-order valence-electron chi connectivity index (χ1n) is 8.94. The number of aromatic amines is 1. The van der Waals surface area contributed by atoms with E-state index >= 15 is 0 Å². The second-order valence-electron chi connectivity index (χ2n) is 7.07. The largest absolute Gasteiger partial charge is 0.698 e. The zero-order chi connectivity index (χ0) is 19.6. The molecule has 0 spiro atoms. The van der Waals surface area contributed by atoms with Crippen molar-refractivity contribution in [2.24, 2.45) is 0 Å². The minimum absolute atomic E-state index is 0.0490. The molecular formula is C16H24N2O7PS+. The van der Waals surface area contributed by atoms with Gasteiger partial charge in [-0.05, 0) is 32.0 Å². The van der Waals surface area contributed by atoms with E-state index in [1.807, 2.05) is 0 Å². The molecule has 1 saturated carbocycles. The van der Waals surface area contributed by atoms with Gasteiger partial charge in [0.2, 0.25) is 0 Å². The van der Waals surface area contributed by atoms with Crippen LogP contribution in [0.5, 0.6) is 0 Å². The second kappa shape index (κ2) is 8.57. The van der Waals surface area contributed by atoms with Crippen molar-refractivity contribution in [3.8, 4) is 0 Å². The number of nitrogens with one attached hydrogen (secondary N) is 1. The molecule has 3 rings (SSSR count). The third-order valence-electron chi connectivity index (χ3n) is 4.99. The maximum atomic E-state index is 12.4. The van der Waals surface area contributed by atoms with Crippen LogP contribution in [0.2, 0.25) is 0 Å². The van der Waals surface area contributed by atoms with Gasteiger partial charge in [-0.15, -0.1) is 9.05 Å². The molecule has 1 aliphatic carbocycles. The summed E-state index contributed by atoms with van der Waals surface area (Å²) in [6.07, 6.45) is 2.98. The summed E-state index contributed by atoms with van der Waals surface area (Å²) in [7, 11) is -2.50.